The number of rotatable bonds is 3. The van der Waals surface area contributed by atoms with Crippen molar-refractivity contribution in [2.24, 2.45) is 0 Å². The first-order chi connectivity index (χ1) is 10.1. The molecule has 0 aliphatic carbocycles. The zero-order valence-electron chi connectivity index (χ0n) is 11.0. The number of fused-ring (bicyclic) bond motifs is 1. The highest BCUT2D eigenvalue weighted by atomic mass is 79.9. The van der Waals surface area contributed by atoms with E-state index in [-0.39, 0.29) is 18.2 Å². The lowest BCUT2D eigenvalue weighted by Gasteiger charge is -2.17. The van der Waals surface area contributed by atoms with E-state index in [1.807, 2.05) is 35.7 Å². The second kappa shape index (κ2) is 5.61. The Labute approximate surface area is 134 Å². The van der Waals surface area contributed by atoms with Crippen molar-refractivity contribution < 1.29 is 14.7 Å². The van der Waals surface area contributed by atoms with Crippen molar-refractivity contribution >= 4 is 44.8 Å². The van der Waals surface area contributed by atoms with Crippen molar-refractivity contribution in [3.63, 3.8) is 0 Å². The molecule has 2 aromatic rings. The highest BCUT2D eigenvalue weighted by Crippen LogP contribution is 2.39. The number of hydrogen-bond donors (Lipinski definition) is 1. The van der Waals surface area contributed by atoms with Crippen LogP contribution in [0.4, 0.5) is 5.69 Å². The lowest BCUT2D eigenvalue weighted by atomic mass is 9.98. The van der Waals surface area contributed by atoms with Crippen LogP contribution in [0, 0.1) is 0 Å². The lowest BCUT2D eigenvalue weighted by molar-refractivity contribution is -0.137. The Morgan fingerprint density at radius 3 is 2.76 bits per heavy atom. The molecule has 0 spiro atoms. The van der Waals surface area contributed by atoms with Gasteiger partial charge in [0.2, 0.25) is 0 Å². The van der Waals surface area contributed by atoms with Gasteiger partial charge in [0.25, 0.3) is 5.91 Å². The molecule has 1 aromatic heterocycles. The molecule has 21 heavy (non-hydrogen) atoms. The fourth-order valence-corrected chi connectivity index (χ4v) is 4.13. The standard InChI is InChI=1S/C15H12BrNO3S/c16-11-5-6-21-14(11)15(20)17-8-9(7-13(18)19)10-3-1-2-4-12(10)17/h1-6,9H,7-8H2,(H,18,19). The van der Waals surface area contributed by atoms with Crippen LogP contribution in [0.1, 0.15) is 27.6 Å². The van der Waals surface area contributed by atoms with Crippen LogP contribution in [-0.4, -0.2) is 23.5 Å². The number of hydrogen-bond acceptors (Lipinski definition) is 3. The van der Waals surface area contributed by atoms with Crippen LogP contribution in [0.15, 0.2) is 40.2 Å². The topological polar surface area (TPSA) is 57.6 Å². The third-order valence-electron chi connectivity index (χ3n) is 3.55. The van der Waals surface area contributed by atoms with E-state index in [4.69, 9.17) is 5.11 Å². The molecular weight excluding hydrogens is 354 g/mol. The first kappa shape index (κ1) is 14.3. The second-order valence-electron chi connectivity index (χ2n) is 4.87. The van der Waals surface area contributed by atoms with Crippen LogP contribution in [0.5, 0.6) is 0 Å². The Morgan fingerprint density at radius 2 is 2.10 bits per heavy atom. The van der Waals surface area contributed by atoms with Gasteiger partial charge < -0.3 is 10.0 Å². The molecule has 3 rings (SSSR count). The Hall–Kier alpha value is -1.66. The van der Waals surface area contributed by atoms with Gasteiger partial charge in [-0.1, -0.05) is 18.2 Å². The normalized spacial score (nSPS) is 16.8. The number of carboxylic acids is 1. The summed E-state index contributed by atoms with van der Waals surface area (Å²) in [6.45, 7) is 0.412. The van der Waals surface area contributed by atoms with Gasteiger partial charge in [-0.3, -0.25) is 9.59 Å². The van der Waals surface area contributed by atoms with Gasteiger partial charge >= 0.3 is 5.97 Å². The fraction of sp³-hybridized carbons (Fsp3) is 0.200. The molecule has 1 unspecified atom stereocenters. The minimum absolute atomic E-state index is 0.0341. The number of nitrogens with zero attached hydrogens (tertiary/aromatic N) is 1. The molecule has 1 aliphatic rings. The van der Waals surface area contributed by atoms with Gasteiger partial charge in [0, 0.05) is 22.6 Å². The highest BCUT2D eigenvalue weighted by molar-refractivity contribution is 9.10. The number of carboxylic acid groups (broad SMARTS) is 1. The summed E-state index contributed by atoms with van der Waals surface area (Å²) in [5.41, 5.74) is 1.75. The van der Waals surface area contributed by atoms with Crippen LogP contribution in [0.2, 0.25) is 0 Å². The zero-order chi connectivity index (χ0) is 15.0. The monoisotopic (exact) mass is 365 g/mol. The Morgan fingerprint density at radius 1 is 1.33 bits per heavy atom. The molecule has 4 nitrogen and oxygen atoms in total. The highest BCUT2D eigenvalue weighted by Gasteiger charge is 2.34. The molecule has 1 aliphatic heterocycles. The predicted molar refractivity (Wildman–Crippen MR) is 85.1 cm³/mol. The number of carbonyl (C=O) groups excluding carboxylic acids is 1. The van der Waals surface area contributed by atoms with E-state index in [0.29, 0.717) is 11.4 Å². The van der Waals surface area contributed by atoms with Crippen molar-refractivity contribution in [1.29, 1.82) is 0 Å². The van der Waals surface area contributed by atoms with Crippen molar-refractivity contribution in [2.45, 2.75) is 12.3 Å². The van der Waals surface area contributed by atoms with Gasteiger partial charge in [0.15, 0.2) is 0 Å². The van der Waals surface area contributed by atoms with Crippen LogP contribution < -0.4 is 4.90 Å². The molecule has 1 aromatic carbocycles. The molecule has 0 saturated carbocycles. The molecule has 6 heteroatoms. The molecule has 1 amide bonds. The fourth-order valence-electron chi connectivity index (χ4n) is 2.64. The van der Waals surface area contributed by atoms with Crippen molar-refractivity contribution in [2.75, 3.05) is 11.4 Å². The third-order valence-corrected chi connectivity index (χ3v) is 5.37. The molecule has 0 saturated heterocycles. The van der Waals surface area contributed by atoms with Gasteiger partial charge in [0.05, 0.1) is 6.42 Å². The van der Waals surface area contributed by atoms with Crippen LogP contribution in [-0.2, 0) is 4.79 Å². The number of halogens is 1. The molecule has 0 fully saturated rings. The molecular formula is C15H12BrNO3S. The van der Waals surface area contributed by atoms with E-state index in [1.54, 1.807) is 4.90 Å². The predicted octanol–water partition coefficient (Wildman–Crippen LogP) is 3.73. The smallest absolute Gasteiger partial charge is 0.304 e. The number of anilines is 1. The molecule has 0 radical (unpaired) electrons. The molecule has 0 bridgehead atoms. The molecule has 108 valence electrons. The van der Waals surface area contributed by atoms with E-state index in [1.165, 1.54) is 11.3 Å². The summed E-state index contributed by atoms with van der Waals surface area (Å²) in [5.74, 6) is -1.08. The largest absolute Gasteiger partial charge is 0.481 e. The van der Waals surface area contributed by atoms with Gasteiger partial charge in [-0.25, -0.2) is 0 Å². The van der Waals surface area contributed by atoms with Crippen molar-refractivity contribution in [3.05, 3.63) is 50.6 Å². The lowest BCUT2D eigenvalue weighted by Crippen LogP contribution is -2.29. The maximum absolute atomic E-state index is 12.7. The summed E-state index contributed by atoms with van der Waals surface area (Å²) < 4.78 is 0.775. The summed E-state index contributed by atoms with van der Waals surface area (Å²) in [4.78, 5) is 26.0. The maximum Gasteiger partial charge on any atom is 0.304 e. The average Bonchev–Trinajstić information content (AvgIpc) is 3.02. The number of amides is 1. The Kier molecular flexibility index (Phi) is 3.82. The molecule has 1 atom stereocenters. The average molecular weight is 366 g/mol. The van der Waals surface area contributed by atoms with E-state index in [0.717, 1.165) is 15.7 Å². The summed E-state index contributed by atoms with van der Waals surface area (Å²) >= 11 is 4.76. The van der Waals surface area contributed by atoms with Gasteiger partial charge in [-0.2, -0.15) is 0 Å². The Bertz CT molecular complexity index is 712. The minimum atomic E-state index is -0.846. The first-order valence-corrected chi connectivity index (χ1v) is 8.10. The number of aliphatic carboxylic acids is 1. The van der Waals surface area contributed by atoms with Crippen molar-refractivity contribution in [3.8, 4) is 0 Å². The second-order valence-corrected chi connectivity index (χ2v) is 6.64. The van der Waals surface area contributed by atoms with Gasteiger partial charge in [-0.15, -0.1) is 11.3 Å². The minimum Gasteiger partial charge on any atom is -0.481 e. The van der Waals surface area contributed by atoms with E-state index in [2.05, 4.69) is 15.9 Å². The SMILES string of the molecule is O=C(O)CC1CN(C(=O)c2sccc2Br)c2ccccc21. The van der Waals surface area contributed by atoms with Gasteiger partial charge in [0.1, 0.15) is 4.88 Å². The van der Waals surface area contributed by atoms with Crippen LogP contribution in [0.3, 0.4) is 0 Å². The maximum atomic E-state index is 12.7. The Balaban J connectivity index is 1.96. The number of benzene rings is 1. The zero-order valence-corrected chi connectivity index (χ0v) is 13.4. The number of thiophene rings is 1. The summed E-state index contributed by atoms with van der Waals surface area (Å²) in [5, 5.41) is 10.9. The summed E-state index contributed by atoms with van der Waals surface area (Å²) in [6.07, 6.45) is 0.0341. The van der Waals surface area contributed by atoms with Gasteiger partial charge in [-0.05, 0) is 39.0 Å². The third kappa shape index (κ3) is 2.61. The van der Waals surface area contributed by atoms with Crippen LogP contribution >= 0.6 is 27.3 Å². The van der Waals surface area contributed by atoms with Crippen LogP contribution in [0.25, 0.3) is 0 Å². The van der Waals surface area contributed by atoms with E-state index in [9.17, 15) is 9.59 Å². The summed E-state index contributed by atoms with van der Waals surface area (Å²) in [6, 6.07) is 9.36. The van der Waals surface area contributed by atoms with Crippen molar-refractivity contribution in [1.82, 2.24) is 0 Å². The molecule has 2 heterocycles. The number of para-hydroxylation sites is 1. The summed E-state index contributed by atoms with van der Waals surface area (Å²) in [7, 11) is 0. The first-order valence-electron chi connectivity index (χ1n) is 6.43. The quantitative estimate of drug-likeness (QED) is 0.901. The molecule has 1 N–H and O–H groups in total. The van der Waals surface area contributed by atoms with E-state index >= 15 is 0 Å². The number of carbonyl (C=O) groups is 2. The van der Waals surface area contributed by atoms with E-state index < -0.39 is 5.97 Å².